The smallest absolute Gasteiger partial charge is 0.262 e. The van der Waals surface area contributed by atoms with E-state index in [-0.39, 0.29) is 18.0 Å². The van der Waals surface area contributed by atoms with Crippen molar-refractivity contribution in [1.82, 2.24) is 10.2 Å². The second kappa shape index (κ2) is 2.42. The van der Waals surface area contributed by atoms with E-state index < -0.39 is 0 Å². The summed E-state index contributed by atoms with van der Waals surface area (Å²) in [7, 11) is 0. The number of nitrogens with one attached hydrogen (secondary N) is 1. The minimum absolute atomic E-state index is 0.0811. The zero-order valence-corrected chi connectivity index (χ0v) is 7.36. The van der Waals surface area contributed by atoms with E-state index in [9.17, 15) is 9.59 Å². The van der Waals surface area contributed by atoms with Gasteiger partial charge in [-0.1, -0.05) is 12.1 Å². The Balaban J connectivity index is 2.12. The average molecular weight is 188 g/mol. The van der Waals surface area contributed by atoms with Gasteiger partial charge in [0.2, 0.25) is 0 Å². The van der Waals surface area contributed by atoms with Crippen molar-refractivity contribution < 1.29 is 9.59 Å². The van der Waals surface area contributed by atoms with E-state index in [2.05, 4.69) is 5.32 Å². The molecule has 1 N–H and O–H groups in total. The molecular formula is C10H8N2O2. The Morgan fingerprint density at radius 2 is 1.64 bits per heavy atom. The molecular weight excluding hydrogens is 180 g/mol. The van der Waals surface area contributed by atoms with Gasteiger partial charge in [-0.25, -0.2) is 0 Å². The SMILES string of the molecule is O=C1c2ccccc2C(=O)N1C1CN1. The number of hydrogen-bond acceptors (Lipinski definition) is 3. The van der Waals surface area contributed by atoms with Crippen molar-refractivity contribution in [3.8, 4) is 0 Å². The third kappa shape index (κ3) is 0.858. The summed E-state index contributed by atoms with van der Waals surface area (Å²) in [4.78, 5) is 24.8. The van der Waals surface area contributed by atoms with E-state index in [1.807, 2.05) is 0 Å². The molecule has 2 heterocycles. The maximum atomic E-state index is 11.8. The normalized spacial score (nSPS) is 24.0. The molecule has 0 aromatic heterocycles. The Hall–Kier alpha value is -1.68. The fourth-order valence-corrected chi connectivity index (χ4v) is 1.73. The van der Waals surface area contributed by atoms with E-state index in [4.69, 9.17) is 0 Å². The molecule has 0 saturated carbocycles. The summed E-state index contributed by atoms with van der Waals surface area (Å²) in [5.74, 6) is -0.360. The van der Waals surface area contributed by atoms with Crippen molar-refractivity contribution in [3.05, 3.63) is 35.4 Å². The number of imide groups is 1. The van der Waals surface area contributed by atoms with Crippen LogP contribution in [0.4, 0.5) is 0 Å². The van der Waals surface area contributed by atoms with Crippen molar-refractivity contribution in [3.63, 3.8) is 0 Å². The molecule has 0 aliphatic carbocycles. The first-order valence-electron chi connectivity index (χ1n) is 4.49. The van der Waals surface area contributed by atoms with Gasteiger partial charge in [-0.05, 0) is 12.1 Å². The number of benzene rings is 1. The van der Waals surface area contributed by atoms with Crippen LogP contribution in [-0.4, -0.2) is 29.4 Å². The molecule has 0 radical (unpaired) electrons. The van der Waals surface area contributed by atoms with Crippen LogP contribution in [0.3, 0.4) is 0 Å². The van der Waals surface area contributed by atoms with Crippen LogP contribution in [0.2, 0.25) is 0 Å². The largest absolute Gasteiger partial charge is 0.292 e. The summed E-state index contributed by atoms with van der Waals surface area (Å²) in [5.41, 5.74) is 1.04. The minimum Gasteiger partial charge on any atom is -0.292 e. The molecule has 4 nitrogen and oxygen atoms in total. The van der Waals surface area contributed by atoms with Crippen LogP contribution in [0.1, 0.15) is 20.7 Å². The zero-order valence-electron chi connectivity index (χ0n) is 7.36. The second-order valence-corrected chi connectivity index (χ2v) is 3.45. The highest BCUT2D eigenvalue weighted by Crippen LogP contribution is 2.25. The van der Waals surface area contributed by atoms with Crippen LogP contribution in [0.5, 0.6) is 0 Å². The van der Waals surface area contributed by atoms with E-state index in [0.29, 0.717) is 17.7 Å². The maximum Gasteiger partial charge on any atom is 0.262 e. The van der Waals surface area contributed by atoms with E-state index >= 15 is 0 Å². The predicted molar refractivity (Wildman–Crippen MR) is 48.7 cm³/mol. The summed E-state index contributed by atoms with van der Waals surface area (Å²) in [6.45, 7) is 0.714. The highest BCUT2D eigenvalue weighted by molar-refractivity contribution is 6.21. The topological polar surface area (TPSA) is 59.3 Å². The predicted octanol–water partition coefficient (Wildman–Crippen LogP) is 0.212. The number of fused-ring (bicyclic) bond motifs is 1. The molecule has 0 bridgehead atoms. The first kappa shape index (κ1) is 7.70. The van der Waals surface area contributed by atoms with Gasteiger partial charge < -0.3 is 0 Å². The van der Waals surface area contributed by atoms with Crippen LogP contribution < -0.4 is 5.32 Å². The molecule has 70 valence electrons. The maximum absolute atomic E-state index is 11.8. The van der Waals surface area contributed by atoms with Gasteiger partial charge in [-0.15, -0.1) is 0 Å². The molecule has 1 aromatic rings. The lowest BCUT2D eigenvalue weighted by atomic mass is 10.1. The number of nitrogens with zero attached hydrogens (tertiary/aromatic N) is 1. The highest BCUT2D eigenvalue weighted by Gasteiger charge is 2.43. The molecule has 3 rings (SSSR count). The van der Waals surface area contributed by atoms with Crippen molar-refractivity contribution in [2.45, 2.75) is 6.17 Å². The van der Waals surface area contributed by atoms with Gasteiger partial charge in [-0.2, -0.15) is 0 Å². The minimum atomic E-state index is -0.180. The Morgan fingerprint density at radius 3 is 2.07 bits per heavy atom. The summed E-state index contributed by atoms with van der Waals surface area (Å²) >= 11 is 0. The Bertz CT molecular complexity index is 403. The fraction of sp³-hybridized carbons (Fsp3) is 0.200. The lowest BCUT2D eigenvalue weighted by Gasteiger charge is -2.09. The van der Waals surface area contributed by atoms with E-state index in [1.165, 1.54) is 4.90 Å². The molecule has 14 heavy (non-hydrogen) atoms. The number of hydrogen-bond donors (Lipinski definition) is 1. The first-order chi connectivity index (χ1) is 6.79. The molecule has 1 aromatic carbocycles. The lowest BCUT2D eigenvalue weighted by Crippen LogP contribution is -2.34. The fourth-order valence-electron chi connectivity index (χ4n) is 1.73. The third-order valence-electron chi connectivity index (χ3n) is 2.52. The first-order valence-corrected chi connectivity index (χ1v) is 4.49. The molecule has 1 fully saturated rings. The number of carbonyl (C=O) groups excluding carboxylic acids is 2. The molecule has 4 heteroatoms. The Labute approximate surface area is 80.5 Å². The quantitative estimate of drug-likeness (QED) is 0.506. The number of amides is 2. The molecule has 1 unspecified atom stereocenters. The third-order valence-corrected chi connectivity index (χ3v) is 2.52. The van der Waals surface area contributed by atoms with Crippen molar-refractivity contribution in [1.29, 1.82) is 0 Å². The van der Waals surface area contributed by atoms with E-state index in [1.54, 1.807) is 24.3 Å². The van der Waals surface area contributed by atoms with Crippen LogP contribution in [0.25, 0.3) is 0 Å². The van der Waals surface area contributed by atoms with Crippen LogP contribution in [0, 0.1) is 0 Å². The van der Waals surface area contributed by atoms with Gasteiger partial charge in [0.1, 0.15) is 6.17 Å². The standard InChI is InChI=1S/C10H8N2O2/c13-9-6-3-1-2-4-7(6)10(14)12(9)8-5-11-8/h1-4,8,11H,5H2. The Kier molecular flexibility index (Phi) is 1.33. The summed E-state index contributed by atoms with van der Waals surface area (Å²) in [6, 6.07) is 6.93. The van der Waals surface area contributed by atoms with Crippen molar-refractivity contribution in [2.24, 2.45) is 0 Å². The van der Waals surface area contributed by atoms with Gasteiger partial charge >= 0.3 is 0 Å². The molecule has 1 saturated heterocycles. The molecule has 1 atom stereocenters. The number of carbonyl (C=O) groups is 2. The van der Waals surface area contributed by atoms with Crippen LogP contribution >= 0.6 is 0 Å². The summed E-state index contributed by atoms with van der Waals surface area (Å²) < 4.78 is 0. The average Bonchev–Trinajstić information content (AvgIpc) is 2.99. The molecule has 0 spiro atoms. The molecule has 2 aliphatic rings. The van der Waals surface area contributed by atoms with Gasteiger partial charge in [0.15, 0.2) is 0 Å². The van der Waals surface area contributed by atoms with Crippen molar-refractivity contribution >= 4 is 11.8 Å². The summed E-state index contributed by atoms with van der Waals surface area (Å²) in [6.07, 6.45) is -0.0811. The number of rotatable bonds is 1. The Morgan fingerprint density at radius 1 is 1.14 bits per heavy atom. The van der Waals surface area contributed by atoms with E-state index in [0.717, 1.165) is 0 Å². The van der Waals surface area contributed by atoms with Crippen LogP contribution in [0.15, 0.2) is 24.3 Å². The lowest BCUT2D eigenvalue weighted by molar-refractivity contribution is 0.0640. The summed E-state index contributed by atoms with van der Waals surface area (Å²) in [5, 5.41) is 2.96. The zero-order chi connectivity index (χ0) is 9.71. The monoisotopic (exact) mass is 188 g/mol. The molecule has 2 amide bonds. The van der Waals surface area contributed by atoms with Gasteiger partial charge in [0.05, 0.1) is 11.1 Å². The van der Waals surface area contributed by atoms with Gasteiger partial charge in [0, 0.05) is 6.54 Å². The molecule has 2 aliphatic heterocycles. The van der Waals surface area contributed by atoms with Gasteiger partial charge in [0.25, 0.3) is 11.8 Å². The highest BCUT2D eigenvalue weighted by atomic mass is 16.2. The second-order valence-electron chi connectivity index (χ2n) is 3.45. The van der Waals surface area contributed by atoms with Gasteiger partial charge in [-0.3, -0.25) is 19.8 Å². The van der Waals surface area contributed by atoms with Crippen LogP contribution in [-0.2, 0) is 0 Å². The van der Waals surface area contributed by atoms with Crippen molar-refractivity contribution in [2.75, 3.05) is 6.54 Å².